The minimum absolute atomic E-state index is 0.782. The number of pyridine rings is 1. The second kappa shape index (κ2) is 5.70. The van der Waals surface area contributed by atoms with Crippen LogP contribution in [0, 0.1) is 18.8 Å². The number of hydrogen-bond acceptors (Lipinski definition) is 3. The zero-order valence-electron chi connectivity index (χ0n) is 12.0. The normalized spacial score (nSPS) is 24.3. The fraction of sp³-hybridized carbons (Fsp3) is 0.667. The van der Waals surface area contributed by atoms with Crippen LogP contribution in [0.2, 0.25) is 0 Å². The Morgan fingerprint density at radius 3 is 2.61 bits per heavy atom. The van der Waals surface area contributed by atoms with E-state index in [1.54, 1.807) is 0 Å². The maximum Gasteiger partial charge on any atom is 0.0445 e. The van der Waals surface area contributed by atoms with Crippen molar-refractivity contribution in [3.05, 3.63) is 23.5 Å². The Morgan fingerprint density at radius 1 is 1.33 bits per heavy atom. The predicted octanol–water partition coefficient (Wildman–Crippen LogP) is 2.59. The number of aromatic nitrogens is 1. The Labute approximate surface area is 111 Å². The lowest BCUT2D eigenvalue weighted by Crippen LogP contribution is -2.39. The van der Waals surface area contributed by atoms with Crippen molar-refractivity contribution in [1.82, 2.24) is 10.3 Å². The predicted molar refractivity (Wildman–Crippen MR) is 76.9 cm³/mol. The molecule has 1 fully saturated rings. The number of nitrogens with zero attached hydrogens (tertiary/aromatic N) is 2. The maximum atomic E-state index is 4.42. The number of anilines is 1. The average Bonchev–Trinajstić information content (AvgIpc) is 2.30. The third kappa shape index (κ3) is 3.02. The molecule has 0 aromatic carbocycles. The second-order valence-electron chi connectivity index (χ2n) is 5.84. The van der Waals surface area contributed by atoms with Crippen LogP contribution in [-0.2, 0) is 6.54 Å². The van der Waals surface area contributed by atoms with E-state index in [0.717, 1.165) is 24.1 Å². The van der Waals surface area contributed by atoms with Crippen LogP contribution >= 0.6 is 0 Å². The minimum atomic E-state index is 0.782. The van der Waals surface area contributed by atoms with Crippen LogP contribution in [0.4, 0.5) is 5.69 Å². The summed E-state index contributed by atoms with van der Waals surface area (Å²) in [6, 6.07) is 2.23. The summed E-state index contributed by atoms with van der Waals surface area (Å²) in [5.41, 5.74) is 3.79. The van der Waals surface area contributed by atoms with Crippen molar-refractivity contribution in [3.8, 4) is 0 Å². The first-order chi connectivity index (χ1) is 8.60. The van der Waals surface area contributed by atoms with Gasteiger partial charge in [-0.2, -0.15) is 0 Å². The molecule has 1 aliphatic heterocycles. The number of piperidine rings is 1. The highest BCUT2D eigenvalue weighted by atomic mass is 15.1. The molecule has 0 aliphatic carbocycles. The summed E-state index contributed by atoms with van der Waals surface area (Å²) in [7, 11) is 1.99. The smallest absolute Gasteiger partial charge is 0.0445 e. The molecule has 0 amide bonds. The Hall–Kier alpha value is -1.09. The summed E-state index contributed by atoms with van der Waals surface area (Å²) < 4.78 is 0. The van der Waals surface area contributed by atoms with Gasteiger partial charge in [0.2, 0.25) is 0 Å². The summed E-state index contributed by atoms with van der Waals surface area (Å²) in [5.74, 6) is 1.56. The SMILES string of the molecule is CNCc1cnc(C)cc1N1CC(C)CC(C)C1. The minimum Gasteiger partial charge on any atom is -0.371 e. The summed E-state index contributed by atoms with van der Waals surface area (Å²) in [5, 5.41) is 3.24. The lowest BCUT2D eigenvalue weighted by Gasteiger charge is -2.37. The van der Waals surface area contributed by atoms with E-state index < -0.39 is 0 Å². The molecular formula is C15H25N3. The van der Waals surface area contributed by atoms with Gasteiger partial charge in [-0.1, -0.05) is 13.8 Å². The largest absolute Gasteiger partial charge is 0.371 e. The van der Waals surface area contributed by atoms with E-state index in [2.05, 4.69) is 42.0 Å². The number of hydrogen-bond donors (Lipinski definition) is 1. The zero-order chi connectivity index (χ0) is 13.1. The maximum absolute atomic E-state index is 4.42. The molecule has 2 rings (SSSR count). The number of nitrogens with one attached hydrogen (secondary N) is 1. The van der Waals surface area contributed by atoms with Gasteiger partial charge < -0.3 is 10.2 Å². The van der Waals surface area contributed by atoms with Gasteiger partial charge in [-0.15, -0.1) is 0 Å². The second-order valence-corrected chi connectivity index (χ2v) is 5.84. The first kappa shape index (κ1) is 13.3. The first-order valence-corrected chi connectivity index (χ1v) is 6.95. The van der Waals surface area contributed by atoms with Crippen molar-refractivity contribution in [2.45, 2.75) is 33.7 Å². The quantitative estimate of drug-likeness (QED) is 0.890. The van der Waals surface area contributed by atoms with E-state index in [9.17, 15) is 0 Å². The highest BCUT2D eigenvalue weighted by molar-refractivity contribution is 5.54. The summed E-state index contributed by atoms with van der Waals surface area (Å²) >= 11 is 0. The summed E-state index contributed by atoms with van der Waals surface area (Å²) in [4.78, 5) is 6.97. The molecule has 0 bridgehead atoms. The molecule has 18 heavy (non-hydrogen) atoms. The van der Waals surface area contributed by atoms with Crippen molar-refractivity contribution in [2.75, 3.05) is 25.0 Å². The summed E-state index contributed by atoms with van der Waals surface area (Å²) in [6.45, 7) is 10.0. The molecule has 1 aliphatic rings. The molecule has 0 saturated carbocycles. The van der Waals surface area contributed by atoms with Crippen LogP contribution in [0.1, 0.15) is 31.5 Å². The van der Waals surface area contributed by atoms with Gasteiger partial charge in [0, 0.05) is 42.8 Å². The van der Waals surface area contributed by atoms with Crippen LogP contribution in [-0.4, -0.2) is 25.1 Å². The number of aryl methyl sites for hydroxylation is 1. The molecule has 1 N–H and O–H groups in total. The molecule has 1 aromatic rings. The van der Waals surface area contributed by atoms with Crippen molar-refractivity contribution in [2.24, 2.45) is 11.8 Å². The van der Waals surface area contributed by atoms with E-state index >= 15 is 0 Å². The molecule has 0 spiro atoms. The van der Waals surface area contributed by atoms with Crippen molar-refractivity contribution >= 4 is 5.69 Å². The average molecular weight is 247 g/mol. The first-order valence-electron chi connectivity index (χ1n) is 6.95. The molecule has 100 valence electrons. The third-order valence-corrected chi connectivity index (χ3v) is 3.68. The molecule has 1 aromatic heterocycles. The zero-order valence-corrected chi connectivity index (χ0v) is 12.0. The van der Waals surface area contributed by atoms with Gasteiger partial charge in [-0.05, 0) is 38.3 Å². The highest BCUT2D eigenvalue weighted by Gasteiger charge is 2.23. The van der Waals surface area contributed by atoms with Crippen LogP contribution in [0.5, 0.6) is 0 Å². The van der Waals surface area contributed by atoms with Gasteiger partial charge in [0.15, 0.2) is 0 Å². The fourth-order valence-corrected chi connectivity index (χ4v) is 3.05. The fourth-order valence-electron chi connectivity index (χ4n) is 3.05. The van der Waals surface area contributed by atoms with E-state index in [0.29, 0.717) is 0 Å². The molecule has 2 unspecified atom stereocenters. The van der Waals surface area contributed by atoms with E-state index in [1.807, 2.05) is 13.2 Å². The standard InChI is InChI=1S/C15H25N3/c1-11-5-12(2)10-18(9-11)15-6-13(3)17-8-14(15)7-16-4/h6,8,11-12,16H,5,7,9-10H2,1-4H3. The van der Waals surface area contributed by atoms with Crippen molar-refractivity contribution < 1.29 is 0 Å². The number of rotatable bonds is 3. The summed E-state index contributed by atoms with van der Waals surface area (Å²) in [6.07, 6.45) is 3.37. The van der Waals surface area contributed by atoms with Crippen molar-refractivity contribution in [3.63, 3.8) is 0 Å². The lowest BCUT2D eigenvalue weighted by atomic mass is 9.91. The van der Waals surface area contributed by atoms with Gasteiger partial charge in [-0.25, -0.2) is 0 Å². The monoisotopic (exact) mass is 247 g/mol. The lowest BCUT2D eigenvalue weighted by molar-refractivity contribution is 0.356. The van der Waals surface area contributed by atoms with Gasteiger partial charge in [0.05, 0.1) is 0 Å². The van der Waals surface area contributed by atoms with Crippen LogP contribution in [0.3, 0.4) is 0 Å². The third-order valence-electron chi connectivity index (χ3n) is 3.68. The Bertz CT molecular complexity index is 393. The molecule has 0 radical (unpaired) electrons. The van der Waals surface area contributed by atoms with E-state index in [-0.39, 0.29) is 0 Å². The molecule has 1 saturated heterocycles. The van der Waals surface area contributed by atoms with Gasteiger partial charge in [0.1, 0.15) is 0 Å². The molecule has 3 heteroatoms. The Morgan fingerprint density at radius 2 is 2.00 bits per heavy atom. The van der Waals surface area contributed by atoms with Crippen LogP contribution in [0.15, 0.2) is 12.3 Å². The molecule has 2 heterocycles. The Balaban J connectivity index is 2.27. The Kier molecular flexibility index (Phi) is 4.23. The topological polar surface area (TPSA) is 28.2 Å². The van der Waals surface area contributed by atoms with E-state index in [1.165, 1.54) is 30.8 Å². The molecular weight excluding hydrogens is 222 g/mol. The van der Waals surface area contributed by atoms with Gasteiger partial charge in [-0.3, -0.25) is 4.98 Å². The van der Waals surface area contributed by atoms with Gasteiger partial charge >= 0.3 is 0 Å². The molecule has 2 atom stereocenters. The van der Waals surface area contributed by atoms with Crippen LogP contribution < -0.4 is 10.2 Å². The van der Waals surface area contributed by atoms with E-state index in [4.69, 9.17) is 0 Å². The van der Waals surface area contributed by atoms with Crippen molar-refractivity contribution in [1.29, 1.82) is 0 Å². The highest BCUT2D eigenvalue weighted by Crippen LogP contribution is 2.28. The van der Waals surface area contributed by atoms with Crippen LogP contribution in [0.25, 0.3) is 0 Å². The van der Waals surface area contributed by atoms with Gasteiger partial charge in [0.25, 0.3) is 0 Å². The molecule has 3 nitrogen and oxygen atoms in total.